The highest BCUT2D eigenvalue weighted by Crippen LogP contribution is 2.10. The molecule has 0 fully saturated rings. The van der Waals surface area contributed by atoms with Gasteiger partial charge in [0.2, 0.25) is 0 Å². The Balaban J connectivity index is 2.27. The van der Waals surface area contributed by atoms with Crippen LogP contribution in [0.2, 0.25) is 0 Å². The summed E-state index contributed by atoms with van der Waals surface area (Å²) in [6, 6.07) is 0. The third-order valence-corrected chi connectivity index (χ3v) is 5.37. The second-order valence-electron chi connectivity index (χ2n) is 3.94. The van der Waals surface area contributed by atoms with Gasteiger partial charge in [-0.3, -0.25) is 0 Å². The van der Waals surface area contributed by atoms with Gasteiger partial charge in [0.15, 0.2) is 9.84 Å². The first kappa shape index (κ1) is 13.6. The highest BCUT2D eigenvalue weighted by Gasteiger charge is 2.14. The lowest BCUT2D eigenvalue weighted by atomic mass is 10.5. The van der Waals surface area contributed by atoms with Crippen molar-refractivity contribution in [3.63, 3.8) is 0 Å². The molecule has 0 aliphatic heterocycles. The lowest BCUT2D eigenvalue weighted by molar-refractivity contribution is 0.582. The number of hydrogen-bond acceptors (Lipinski definition) is 5. The summed E-state index contributed by atoms with van der Waals surface area (Å²) < 4.78 is 23.0. The molecule has 0 saturated heterocycles. The first-order valence-corrected chi connectivity index (χ1v) is 7.78. The van der Waals surface area contributed by atoms with Gasteiger partial charge in [0.25, 0.3) is 0 Å². The molecule has 16 heavy (non-hydrogen) atoms. The Morgan fingerprint density at radius 1 is 1.50 bits per heavy atom. The SMILES string of the molecule is Cc1ncc(CNCCS(=O)(=O)C(C)C)s1. The minimum Gasteiger partial charge on any atom is -0.311 e. The lowest BCUT2D eigenvalue weighted by Gasteiger charge is -2.07. The van der Waals surface area contributed by atoms with Gasteiger partial charge in [-0.25, -0.2) is 13.4 Å². The maximum absolute atomic E-state index is 11.5. The number of thiazole rings is 1. The second kappa shape index (κ2) is 5.75. The van der Waals surface area contributed by atoms with Crippen molar-refractivity contribution in [2.24, 2.45) is 0 Å². The molecular weight excluding hydrogens is 244 g/mol. The highest BCUT2D eigenvalue weighted by molar-refractivity contribution is 7.92. The third kappa shape index (κ3) is 4.19. The normalized spacial score (nSPS) is 12.2. The van der Waals surface area contributed by atoms with Crippen molar-refractivity contribution in [1.29, 1.82) is 0 Å². The maximum atomic E-state index is 11.5. The molecule has 1 rings (SSSR count). The quantitative estimate of drug-likeness (QED) is 0.787. The molecule has 0 unspecified atom stereocenters. The van der Waals surface area contributed by atoms with E-state index in [1.165, 1.54) is 0 Å². The number of rotatable bonds is 6. The summed E-state index contributed by atoms with van der Waals surface area (Å²) in [7, 11) is -2.92. The van der Waals surface area contributed by atoms with Crippen molar-refractivity contribution in [3.8, 4) is 0 Å². The molecule has 1 aromatic rings. The van der Waals surface area contributed by atoms with E-state index in [1.54, 1.807) is 25.2 Å². The molecule has 0 aliphatic carbocycles. The van der Waals surface area contributed by atoms with E-state index in [0.717, 1.165) is 9.88 Å². The first-order chi connectivity index (χ1) is 7.42. The van der Waals surface area contributed by atoms with Crippen molar-refractivity contribution in [2.75, 3.05) is 12.3 Å². The van der Waals surface area contributed by atoms with Crippen LogP contribution in [0.4, 0.5) is 0 Å². The average Bonchev–Trinajstić information content (AvgIpc) is 2.59. The van der Waals surface area contributed by atoms with E-state index in [-0.39, 0.29) is 11.0 Å². The van der Waals surface area contributed by atoms with Gasteiger partial charge in [-0.15, -0.1) is 11.3 Å². The molecule has 4 nitrogen and oxygen atoms in total. The molecule has 0 atom stereocenters. The van der Waals surface area contributed by atoms with Gasteiger partial charge in [-0.1, -0.05) is 0 Å². The van der Waals surface area contributed by atoms with E-state index in [9.17, 15) is 8.42 Å². The number of sulfone groups is 1. The number of aromatic nitrogens is 1. The van der Waals surface area contributed by atoms with Gasteiger partial charge < -0.3 is 5.32 Å². The molecule has 0 spiro atoms. The maximum Gasteiger partial charge on any atom is 0.153 e. The molecule has 0 bridgehead atoms. The lowest BCUT2D eigenvalue weighted by Crippen LogP contribution is -2.26. The Kier molecular flexibility index (Phi) is 4.89. The summed E-state index contributed by atoms with van der Waals surface area (Å²) in [4.78, 5) is 5.27. The highest BCUT2D eigenvalue weighted by atomic mass is 32.2. The number of nitrogens with one attached hydrogen (secondary N) is 1. The van der Waals surface area contributed by atoms with Gasteiger partial charge in [0, 0.05) is 24.2 Å². The summed E-state index contributed by atoms with van der Waals surface area (Å²) >= 11 is 1.63. The van der Waals surface area contributed by atoms with Crippen molar-refractivity contribution < 1.29 is 8.42 Å². The zero-order valence-corrected chi connectivity index (χ0v) is 11.5. The van der Waals surface area contributed by atoms with E-state index < -0.39 is 9.84 Å². The third-order valence-electron chi connectivity index (χ3n) is 2.25. The zero-order chi connectivity index (χ0) is 12.2. The van der Waals surface area contributed by atoms with E-state index in [2.05, 4.69) is 10.3 Å². The summed E-state index contributed by atoms with van der Waals surface area (Å²) in [6.45, 7) is 6.57. The molecule has 6 heteroatoms. The Morgan fingerprint density at radius 3 is 2.69 bits per heavy atom. The summed E-state index contributed by atoms with van der Waals surface area (Å²) in [6.07, 6.45) is 1.82. The predicted molar refractivity (Wildman–Crippen MR) is 67.5 cm³/mol. The van der Waals surface area contributed by atoms with Gasteiger partial charge in [-0.05, 0) is 20.8 Å². The van der Waals surface area contributed by atoms with Crippen LogP contribution in [0.3, 0.4) is 0 Å². The number of nitrogens with zero attached hydrogens (tertiary/aromatic N) is 1. The summed E-state index contributed by atoms with van der Waals surface area (Å²) in [5, 5.41) is 3.86. The van der Waals surface area contributed by atoms with Crippen LogP contribution < -0.4 is 5.32 Å². The average molecular weight is 262 g/mol. The molecule has 0 aliphatic rings. The zero-order valence-electron chi connectivity index (χ0n) is 9.86. The fourth-order valence-electron chi connectivity index (χ4n) is 1.15. The van der Waals surface area contributed by atoms with Crippen molar-refractivity contribution in [1.82, 2.24) is 10.3 Å². The Morgan fingerprint density at radius 2 is 2.19 bits per heavy atom. The van der Waals surface area contributed by atoms with Crippen LogP contribution in [-0.4, -0.2) is 30.9 Å². The standard InChI is InChI=1S/C10H18N2O2S2/c1-8(2)16(13,14)5-4-11-6-10-7-12-9(3)15-10/h7-8,11H,4-6H2,1-3H3. The van der Waals surface area contributed by atoms with Gasteiger partial charge in [0.1, 0.15) is 0 Å². The van der Waals surface area contributed by atoms with Gasteiger partial charge in [0.05, 0.1) is 16.0 Å². The van der Waals surface area contributed by atoms with Crippen LogP contribution in [0.15, 0.2) is 6.20 Å². The van der Waals surface area contributed by atoms with E-state index >= 15 is 0 Å². The Labute approximate surface area is 101 Å². The molecule has 0 amide bonds. The van der Waals surface area contributed by atoms with Crippen molar-refractivity contribution in [2.45, 2.75) is 32.6 Å². The minimum absolute atomic E-state index is 0.197. The van der Waals surface area contributed by atoms with Crippen LogP contribution >= 0.6 is 11.3 Å². The van der Waals surface area contributed by atoms with Gasteiger partial charge in [-0.2, -0.15) is 0 Å². The molecule has 0 radical (unpaired) electrons. The largest absolute Gasteiger partial charge is 0.311 e. The monoisotopic (exact) mass is 262 g/mol. The van der Waals surface area contributed by atoms with E-state index in [4.69, 9.17) is 0 Å². The van der Waals surface area contributed by atoms with Crippen LogP contribution in [0.25, 0.3) is 0 Å². The molecular formula is C10H18N2O2S2. The minimum atomic E-state index is -2.92. The molecule has 1 aromatic heterocycles. The molecule has 0 saturated carbocycles. The Bertz CT molecular complexity index is 424. The van der Waals surface area contributed by atoms with Crippen LogP contribution in [0, 0.1) is 6.92 Å². The van der Waals surface area contributed by atoms with Crippen molar-refractivity contribution >= 4 is 21.2 Å². The van der Waals surface area contributed by atoms with Crippen molar-refractivity contribution in [3.05, 3.63) is 16.1 Å². The molecule has 1 heterocycles. The smallest absolute Gasteiger partial charge is 0.153 e. The molecule has 0 aromatic carbocycles. The number of hydrogen-bond donors (Lipinski definition) is 1. The van der Waals surface area contributed by atoms with Crippen LogP contribution in [-0.2, 0) is 16.4 Å². The second-order valence-corrected chi connectivity index (χ2v) is 7.93. The summed E-state index contributed by atoms with van der Waals surface area (Å²) in [5.41, 5.74) is 0. The first-order valence-electron chi connectivity index (χ1n) is 5.25. The number of aryl methyl sites for hydroxylation is 1. The molecule has 92 valence electrons. The topological polar surface area (TPSA) is 59.1 Å². The Hall–Kier alpha value is -0.460. The van der Waals surface area contributed by atoms with E-state index in [1.807, 2.05) is 13.1 Å². The fourth-order valence-corrected chi connectivity index (χ4v) is 2.81. The van der Waals surface area contributed by atoms with Gasteiger partial charge >= 0.3 is 0 Å². The fraction of sp³-hybridized carbons (Fsp3) is 0.700. The van der Waals surface area contributed by atoms with Crippen LogP contribution in [0.1, 0.15) is 23.7 Å². The predicted octanol–water partition coefficient (Wildman–Crippen LogP) is 1.36. The van der Waals surface area contributed by atoms with E-state index in [0.29, 0.717) is 13.1 Å². The summed E-state index contributed by atoms with van der Waals surface area (Å²) in [5.74, 6) is 0.197. The molecule has 1 N–H and O–H groups in total. The van der Waals surface area contributed by atoms with Crippen LogP contribution in [0.5, 0.6) is 0 Å².